The minimum atomic E-state index is -0.560. The zero-order valence-corrected chi connectivity index (χ0v) is 10.3. The number of hydrogen-bond acceptors (Lipinski definition) is 2. The second-order valence-electron chi connectivity index (χ2n) is 5.47. The van der Waals surface area contributed by atoms with Gasteiger partial charge in [0.1, 0.15) is 6.17 Å². The molecule has 2 fully saturated rings. The predicted octanol–water partition coefficient (Wildman–Crippen LogP) is 2.45. The second kappa shape index (κ2) is 5.97. The normalized spacial score (nSPS) is 40.9. The summed E-state index contributed by atoms with van der Waals surface area (Å²) in [6.07, 6.45) is 6.14. The molecule has 1 aliphatic carbocycles. The maximum absolute atomic E-state index is 13.3. The molecule has 2 aliphatic rings. The molecule has 2 atom stereocenters. The predicted molar refractivity (Wildman–Crippen MR) is 65.0 cm³/mol. The van der Waals surface area contributed by atoms with E-state index in [1.807, 2.05) is 0 Å². The highest BCUT2D eigenvalue weighted by atomic mass is 19.1. The molecule has 0 aromatic heterocycles. The van der Waals surface area contributed by atoms with Crippen LogP contribution in [0.15, 0.2) is 0 Å². The summed E-state index contributed by atoms with van der Waals surface area (Å²) in [5.41, 5.74) is 0. The van der Waals surface area contributed by atoms with E-state index in [9.17, 15) is 4.39 Å². The molecule has 1 heterocycles. The van der Waals surface area contributed by atoms with Gasteiger partial charge in [0.05, 0.1) is 6.17 Å². The van der Waals surface area contributed by atoms with Crippen LogP contribution in [0.3, 0.4) is 0 Å². The molecule has 0 amide bonds. The quantitative estimate of drug-likeness (QED) is 0.775. The zero-order valence-electron chi connectivity index (χ0n) is 10.3. The van der Waals surface area contributed by atoms with Gasteiger partial charge in [0, 0.05) is 13.1 Å². The Labute approximate surface area is 98.4 Å². The Morgan fingerprint density at radius 2 is 1.94 bits per heavy atom. The first-order valence-electron chi connectivity index (χ1n) is 6.90. The van der Waals surface area contributed by atoms with Crippen LogP contribution in [0.2, 0.25) is 0 Å². The van der Waals surface area contributed by atoms with Gasteiger partial charge < -0.3 is 10.6 Å². The zero-order chi connectivity index (χ0) is 11.4. The molecule has 2 nitrogen and oxygen atoms in total. The van der Waals surface area contributed by atoms with Crippen molar-refractivity contribution >= 4 is 0 Å². The number of nitrogens with one attached hydrogen (secondary N) is 2. The summed E-state index contributed by atoms with van der Waals surface area (Å²) in [5, 5.41) is 7.13. The smallest absolute Gasteiger partial charge is 0.100 e. The van der Waals surface area contributed by atoms with E-state index in [2.05, 4.69) is 17.6 Å². The van der Waals surface area contributed by atoms with Crippen LogP contribution < -0.4 is 10.6 Å². The van der Waals surface area contributed by atoms with E-state index in [4.69, 9.17) is 0 Å². The summed E-state index contributed by atoms with van der Waals surface area (Å²) >= 11 is 0. The van der Waals surface area contributed by atoms with Gasteiger partial charge in [0.2, 0.25) is 0 Å². The lowest BCUT2D eigenvalue weighted by atomic mass is 9.84. The molecule has 1 aliphatic heterocycles. The monoisotopic (exact) mass is 228 g/mol. The fourth-order valence-electron chi connectivity index (χ4n) is 3.15. The Morgan fingerprint density at radius 1 is 1.19 bits per heavy atom. The first-order chi connectivity index (χ1) is 7.79. The van der Waals surface area contributed by atoms with E-state index in [1.165, 1.54) is 19.3 Å². The number of alkyl halides is 1. The highest BCUT2D eigenvalue weighted by Crippen LogP contribution is 2.29. The van der Waals surface area contributed by atoms with Crippen LogP contribution in [0.4, 0.5) is 4.39 Å². The third kappa shape index (κ3) is 3.17. The fourth-order valence-corrected chi connectivity index (χ4v) is 3.15. The van der Waals surface area contributed by atoms with E-state index >= 15 is 0 Å². The molecule has 1 saturated carbocycles. The van der Waals surface area contributed by atoms with Crippen LogP contribution in [0, 0.1) is 11.8 Å². The summed E-state index contributed by atoms with van der Waals surface area (Å²) in [4.78, 5) is 0. The van der Waals surface area contributed by atoms with E-state index in [1.54, 1.807) is 0 Å². The number of halogens is 1. The van der Waals surface area contributed by atoms with E-state index in [-0.39, 0.29) is 0 Å². The Kier molecular flexibility index (Phi) is 4.59. The summed E-state index contributed by atoms with van der Waals surface area (Å²) in [5.74, 6) is 1.28. The molecule has 2 rings (SSSR count). The van der Waals surface area contributed by atoms with Gasteiger partial charge in [0.15, 0.2) is 0 Å². The lowest BCUT2D eigenvalue weighted by Gasteiger charge is -2.38. The van der Waals surface area contributed by atoms with Crippen LogP contribution in [0.5, 0.6) is 0 Å². The van der Waals surface area contributed by atoms with Crippen LogP contribution in [0.1, 0.15) is 45.4 Å². The standard InChI is InChI=1S/C13H25FN2/c1-2-4-10-8-15-13(16-9-10)11-5-3-6-12(14)7-11/h10-13,15-16H,2-9H2,1H3. The first kappa shape index (κ1) is 12.3. The van der Waals surface area contributed by atoms with Crippen LogP contribution >= 0.6 is 0 Å². The molecule has 0 bridgehead atoms. The largest absolute Gasteiger partial charge is 0.301 e. The molecule has 3 heteroatoms. The summed E-state index contributed by atoms with van der Waals surface area (Å²) in [6.45, 7) is 4.46. The Balaban J connectivity index is 1.75. The molecule has 0 aromatic carbocycles. The van der Waals surface area contributed by atoms with Crippen LogP contribution in [0.25, 0.3) is 0 Å². The number of hydrogen-bond donors (Lipinski definition) is 2. The van der Waals surface area contributed by atoms with E-state index < -0.39 is 6.17 Å². The molecule has 16 heavy (non-hydrogen) atoms. The Bertz CT molecular complexity index is 202. The topological polar surface area (TPSA) is 24.1 Å². The third-order valence-corrected chi connectivity index (χ3v) is 4.07. The van der Waals surface area contributed by atoms with Crippen molar-refractivity contribution in [3.05, 3.63) is 0 Å². The van der Waals surface area contributed by atoms with Crippen molar-refractivity contribution in [1.29, 1.82) is 0 Å². The maximum atomic E-state index is 13.3. The maximum Gasteiger partial charge on any atom is 0.100 e. The van der Waals surface area contributed by atoms with Crippen LogP contribution in [-0.4, -0.2) is 25.4 Å². The Morgan fingerprint density at radius 3 is 2.56 bits per heavy atom. The van der Waals surface area contributed by atoms with Gasteiger partial charge in [-0.3, -0.25) is 0 Å². The summed E-state index contributed by atoms with van der Waals surface area (Å²) in [7, 11) is 0. The number of rotatable bonds is 3. The van der Waals surface area contributed by atoms with Gasteiger partial charge in [-0.25, -0.2) is 4.39 Å². The fraction of sp³-hybridized carbons (Fsp3) is 1.00. The molecule has 0 spiro atoms. The van der Waals surface area contributed by atoms with Gasteiger partial charge in [0.25, 0.3) is 0 Å². The minimum absolute atomic E-state index is 0.367. The molecule has 0 radical (unpaired) electrons. The van der Waals surface area contributed by atoms with Crippen molar-refractivity contribution in [2.75, 3.05) is 13.1 Å². The van der Waals surface area contributed by atoms with Crippen molar-refractivity contribution in [3.63, 3.8) is 0 Å². The summed E-state index contributed by atoms with van der Waals surface area (Å²) < 4.78 is 13.3. The van der Waals surface area contributed by atoms with Gasteiger partial charge in [-0.1, -0.05) is 19.8 Å². The average molecular weight is 228 g/mol. The summed E-state index contributed by atoms with van der Waals surface area (Å²) in [6, 6.07) is 0. The van der Waals surface area contributed by atoms with Crippen molar-refractivity contribution in [2.45, 2.75) is 57.8 Å². The van der Waals surface area contributed by atoms with Crippen molar-refractivity contribution in [2.24, 2.45) is 11.8 Å². The molecule has 94 valence electrons. The average Bonchev–Trinajstić information content (AvgIpc) is 2.30. The molecule has 1 saturated heterocycles. The first-order valence-corrected chi connectivity index (χ1v) is 6.90. The minimum Gasteiger partial charge on any atom is -0.301 e. The molecule has 0 aromatic rings. The van der Waals surface area contributed by atoms with E-state index in [0.717, 1.165) is 38.3 Å². The Hall–Kier alpha value is -0.150. The SMILES string of the molecule is CCCC1CNC(C2CCCC(F)C2)NC1. The van der Waals surface area contributed by atoms with E-state index in [0.29, 0.717) is 12.1 Å². The second-order valence-corrected chi connectivity index (χ2v) is 5.47. The lowest BCUT2D eigenvalue weighted by molar-refractivity contribution is 0.132. The molecule has 2 unspecified atom stereocenters. The highest BCUT2D eigenvalue weighted by Gasteiger charge is 2.30. The van der Waals surface area contributed by atoms with Gasteiger partial charge in [-0.05, 0) is 37.5 Å². The van der Waals surface area contributed by atoms with Crippen LogP contribution in [-0.2, 0) is 0 Å². The molecular weight excluding hydrogens is 203 g/mol. The molecule has 2 N–H and O–H groups in total. The van der Waals surface area contributed by atoms with Crippen molar-refractivity contribution in [3.8, 4) is 0 Å². The molecular formula is C13H25FN2. The highest BCUT2D eigenvalue weighted by molar-refractivity contribution is 4.85. The third-order valence-electron chi connectivity index (χ3n) is 4.07. The van der Waals surface area contributed by atoms with Gasteiger partial charge in [-0.15, -0.1) is 0 Å². The van der Waals surface area contributed by atoms with Gasteiger partial charge >= 0.3 is 0 Å². The lowest BCUT2D eigenvalue weighted by Crippen LogP contribution is -2.56. The van der Waals surface area contributed by atoms with Crippen molar-refractivity contribution < 1.29 is 4.39 Å². The van der Waals surface area contributed by atoms with Gasteiger partial charge in [-0.2, -0.15) is 0 Å². The van der Waals surface area contributed by atoms with Crippen molar-refractivity contribution in [1.82, 2.24) is 10.6 Å².